The van der Waals surface area contributed by atoms with E-state index in [4.69, 9.17) is 23.2 Å². The Morgan fingerprint density at radius 2 is 1.03 bits per heavy atom. The molecule has 3 rings (SSSR count). The molecular formula is C21H17Cl4FeN3. The molecule has 0 radical (unpaired) electrons. The van der Waals surface area contributed by atoms with E-state index in [2.05, 4.69) is 15.0 Å². The summed E-state index contributed by atoms with van der Waals surface area (Å²) in [5.41, 5.74) is 4.56. The molecule has 0 N–H and O–H groups in total. The number of hydrogen-bond acceptors (Lipinski definition) is 3. The van der Waals surface area contributed by atoms with Crippen LogP contribution in [0.25, 0.3) is 0 Å². The van der Waals surface area contributed by atoms with Gasteiger partial charge in [-0.3, -0.25) is 0 Å². The second-order valence-corrected chi connectivity index (χ2v) is 6.52. The monoisotopic (exact) mass is 507 g/mol. The van der Waals surface area contributed by atoms with Crippen molar-refractivity contribution in [1.29, 1.82) is 0 Å². The van der Waals surface area contributed by atoms with Crippen molar-refractivity contribution < 1.29 is 41.9 Å². The zero-order valence-corrected chi connectivity index (χ0v) is 19.7. The van der Waals surface area contributed by atoms with Crippen molar-refractivity contribution in [1.82, 2.24) is 4.98 Å². The third-order valence-electron chi connectivity index (χ3n) is 3.77. The van der Waals surface area contributed by atoms with Crippen molar-refractivity contribution >= 4 is 46.0 Å². The first-order chi connectivity index (χ1) is 12.5. The van der Waals surface area contributed by atoms with E-state index in [1.165, 1.54) is 0 Å². The quantitative estimate of drug-likeness (QED) is 0.377. The van der Waals surface area contributed by atoms with Gasteiger partial charge in [-0.05, 0) is 50.2 Å². The van der Waals surface area contributed by atoms with Crippen molar-refractivity contribution in [2.75, 3.05) is 0 Å². The molecule has 1 heterocycles. The van der Waals surface area contributed by atoms with E-state index in [9.17, 15) is 0 Å². The summed E-state index contributed by atoms with van der Waals surface area (Å²) in [5.74, 6) is 0. The Balaban J connectivity index is 0.00000261. The molecule has 0 saturated carbocycles. The molecule has 0 aliphatic heterocycles. The van der Waals surface area contributed by atoms with Crippen LogP contribution in [0, 0.1) is 0 Å². The van der Waals surface area contributed by atoms with Gasteiger partial charge in [-0.15, -0.1) is 0 Å². The molecule has 3 nitrogen and oxygen atoms in total. The van der Waals surface area contributed by atoms with Gasteiger partial charge in [0.1, 0.15) is 0 Å². The van der Waals surface area contributed by atoms with Crippen LogP contribution < -0.4 is 24.8 Å². The van der Waals surface area contributed by atoms with Crippen LogP contribution >= 0.6 is 23.2 Å². The summed E-state index contributed by atoms with van der Waals surface area (Å²) in [6, 6.07) is 20.7. The van der Waals surface area contributed by atoms with Crippen molar-refractivity contribution in [3.63, 3.8) is 0 Å². The molecule has 1 aromatic heterocycles. The molecule has 2 aromatic carbocycles. The minimum atomic E-state index is 0. The molecule has 0 aliphatic carbocycles. The molecule has 0 aliphatic rings. The normalized spacial score (nSPS) is 11.0. The van der Waals surface area contributed by atoms with Gasteiger partial charge in [0, 0.05) is 0 Å². The van der Waals surface area contributed by atoms with Gasteiger partial charge in [0.25, 0.3) is 0 Å². The van der Waals surface area contributed by atoms with Crippen LogP contribution in [0.1, 0.15) is 25.2 Å². The Kier molecular flexibility index (Phi) is 12.4. The number of rotatable bonds is 4. The smallest absolute Gasteiger partial charge is 1.00 e. The van der Waals surface area contributed by atoms with Gasteiger partial charge in [-0.1, -0.05) is 53.5 Å². The Labute approximate surface area is 204 Å². The first kappa shape index (κ1) is 27.6. The maximum atomic E-state index is 6.18. The van der Waals surface area contributed by atoms with Gasteiger partial charge < -0.3 is 24.8 Å². The summed E-state index contributed by atoms with van der Waals surface area (Å²) in [4.78, 5) is 13.9. The van der Waals surface area contributed by atoms with Gasteiger partial charge in [0.15, 0.2) is 0 Å². The molecule has 0 atom stereocenters. The summed E-state index contributed by atoms with van der Waals surface area (Å²) in [6.07, 6.45) is 0. The maximum Gasteiger partial charge on any atom is 2.00 e. The predicted molar refractivity (Wildman–Crippen MR) is 111 cm³/mol. The van der Waals surface area contributed by atoms with Crippen LogP contribution in [0.3, 0.4) is 0 Å². The third kappa shape index (κ3) is 7.42. The van der Waals surface area contributed by atoms with Crippen LogP contribution in [-0.4, -0.2) is 16.4 Å². The fraction of sp³-hybridized carbons (Fsp3) is 0.0952. The van der Waals surface area contributed by atoms with Gasteiger partial charge in [0.2, 0.25) is 0 Å². The van der Waals surface area contributed by atoms with E-state index in [1.807, 2.05) is 80.6 Å². The standard InChI is InChI=1S/C21H17Cl2N3.2ClH.Fe/c1-14(24-20-10-5-3-8-16(20)22)18-12-7-13-19(26-18)15(2)25-21-11-6-4-9-17(21)23;;;/h3-13H,1-2H3;2*1H;/q;;;+2/p-2/b24-14+,25-15+;;;. The molecule has 0 saturated heterocycles. The molecule has 0 spiro atoms. The Morgan fingerprint density at radius 1 is 0.655 bits per heavy atom. The number of aliphatic imine (C=N–C) groups is 2. The summed E-state index contributed by atoms with van der Waals surface area (Å²) in [6.45, 7) is 3.83. The van der Waals surface area contributed by atoms with Crippen LogP contribution in [0.2, 0.25) is 10.0 Å². The van der Waals surface area contributed by atoms with Crippen molar-refractivity contribution in [2.45, 2.75) is 13.8 Å². The van der Waals surface area contributed by atoms with Crippen molar-refractivity contribution in [3.8, 4) is 0 Å². The van der Waals surface area contributed by atoms with Gasteiger partial charge in [-0.25, -0.2) is 15.0 Å². The SMILES string of the molecule is C/C(=N\c1ccccc1Cl)c1cccc(/C(C)=N/c2ccccc2Cl)n1.[Cl-].[Cl-].[Fe+2]. The van der Waals surface area contributed by atoms with E-state index in [-0.39, 0.29) is 41.9 Å². The van der Waals surface area contributed by atoms with E-state index in [0.717, 1.165) is 34.2 Å². The minimum Gasteiger partial charge on any atom is -1.00 e. The second kappa shape index (κ2) is 13.0. The third-order valence-corrected chi connectivity index (χ3v) is 4.41. The Bertz CT molecular complexity index is 930. The van der Waals surface area contributed by atoms with Gasteiger partial charge >= 0.3 is 17.1 Å². The molecule has 0 amide bonds. The van der Waals surface area contributed by atoms with E-state index in [1.54, 1.807) is 0 Å². The summed E-state index contributed by atoms with van der Waals surface area (Å²) < 4.78 is 0. The van der Waals surface area contributed by atoms with Crippen LogP contribution in [0.5, 0.6) is 0 Å². The molecule has 29 heavy (non-hydrogen) atoms. The zero-order valence-electron chi connectivity index (χ0n) is 15.6. The Hall–Kier alpha value is -1.39. The number of hydrogen-bond donors (Lipinski definition) is 0. The van der Waals surface area contributed by atoms with Crippen molar-refractivity contribution in [2.24, 2.45) is 9.98 Å². The molecule has 0 bridgehead atoms. The van der Waals surface area contributed by atoms with Gasteiger partial charge in [0.05, 0.1) is 44.2 Å². The van der Waals surface area contributed by atoms with E-state index >= 15 is 0 Å². The van der Waals surface area contributed by atoms with Gasteiger partial charge in [-0.2, -0.15) is 0 Å². The van der Waals surface area contributed by atoms with Crippen LogP contribution in [-0.2, 0) is 17.1 Å². The molecule has 0 unspecified atom stereocenters. The molecule has 8 heteroatoms. The summed E-state index contributed by atoms with van der Waals surface area (Å²) in [7, 11) is 0. The molecular weight excluding hydrogens is 492 g/mol. The average molecular weight is 509 g/mol. The molecule has 0 fully saturated rings. The average Bonchev–Trinajstić information content (AvgIpc) is 2.65. The van der Waals surface area contributed by atoms with Crippen molar-refractivity contribution in [3.05, 3.63) is 88.2 Å². The number of para-hydroxylation sites is 2. The fourth-order valence-electron chi connectivity index (χ4n) is 2.40. The zero-order chi connectivity index (χ0) is 18.5. The maximum absolute atomic E-state index is 6.18. The fourth-order valence-corrected chi connectivity index (χ4v) is 2.75. The number of halogens is 4. The first-order valence-electron chi connectivity index (χ1n) is 8.12. The van der Waals surface area contributed by atoms with E-state index in [0.29, 0.717) is 10.0 Å². The first-order valence-corrected chi connectivity index (χ1v) is 8.87. The summed E-state index contributed by atoms with van der Waals surface area (Å²) in [5, 5.41) is 1.22. The van der Waals surface area contributed by atoms with Crippen LogP contribution in [0.4, 0.5) is 11.4 Å². The number of pyridine rings is 1. The van der Waals surface area contributed by atoms with E-state index < -0.39 is 0 Å². The number of benzene rings is 2. The number of nitrogens with zero attached hydrogens (tertiary/aromatic N) is 3. The van der Waals surface area contributed by atoms with Crippen LogP contribution in [0.15, 0.2) is 76.7 Å². The second-order valence-electron chi connectivity index (χ2n) is 5.71. The number of aromatic nitrogens is 1. The molecule has 152 valence electrons. The Morgan fingerprint density at radius 3 is 1.41 bits per heavy atom. The topological polar surface area (TPSA) is 37.6 Å². The molecule has 3 aromatic rings. The predicted octanol–water partition coefficient (Wildman–Crippen LogP) is 0.675. The summed E-state index contributed by atoms with van der Waals surface area (Å²) >= 11 is 12.4. The largest absolute Gasteiger partial charge is 2.00 e. The minimum absolute atomic E-state index is 0.